The van der Waals surface area contributed by atoms with Gasteiger partial charge in [-0.1, -0.05) is 17.7 Å². The van der Waals surface area contributed by atoms with E-state index in [0.29, 0.717) is 11.1 Å². The number of ether oxygens (including phenoxy) is 1. The Morgan fingerprint density at radius 1 is 1.38 bits per heavy atom. The summed E-state index contributed by atoms with van der Waals surface area (Å²) in [7, 11) is 0. The summed E-state index contributed by atoms with van der Waals surface area (Å²) in [6, 6.07) is 6.44. The number of halogens is 1. The Hall–Kier alpha value is -0.890. The predicted molar refractivity (Wildman–Crippen MR) is 68.5 cm³/mol. The Morgan fingerprint density at radius 3 is 2.69 bits per heavy atom. The lowest BCUT2D eigenvalue weighted by atomic mass is 9.93. The molecule has 1 aliphatic carbocycles. The smallest absolute Gasteiger partial charge is 0.161 e. The van der Waals surface area contributed by atoms with Gasteiger partial charge in [0.15, 0.2) is 5.75 Å². The van der Waals surface area contributed by atoms with Crippen LogP contribution in [0.3, 0.4) is 0 Å². The molecule has 1 aliphatic rings. The molecule has 0 spiro atoms. The third-order valence-corrected chi connectivity index (χ3v) is 3.08. The van der Waals surface area contributed by atoms with E-state index in [9.17, 15) is 0 Å². The summed E-state index contributed by atoms with van der Waals surface area (Å²) in [5.74, 6) is 0.783. The van der Waals surface area contributed by atoms with E-state index in [0.717, 1.165) is 11.4 Å². The quantitative estimate of drug-likeness (QED) is 0.855. The summed E-state index contributed by atoms with van der Waals surface area (Å²) in [5.41, 5.74) is 1.02. The van der Waals surface area contributed by atoms with Crippen molar-refractivity contribution in [1.82, 2.24) is 0 Å². The van der Waals surface area contributed by atoms with E-state index in [1.54, 1.807) is 0 Å². The van der Waals surface area contributed by atoms with Crippen LogP contribution in [-0.4, -0.2) is 12.1 Å². The molecule has 1 fully saturated rings. The molecule has 0 atom stereocenters. The Morgan fingerprint density at radius 2 is 2.12 bits per heavy atom. The zero-order valence-electron chi connectivity index (χ0n) is 9.79. The van der Waals surface area contributed by atoms with Gasteiger partial charge in [-0.15, -0.1) is 0 Å². The molecule has 16 heavy (non-hydrogen) atoms. The first kappa shape index (κ1) is 11.6. The van der Waals surface area contributed by atoms with Crippen LogP contribution in [0, 0.1) is 0 Å². The highest BCUT2D eigenvalue weighted by molar-refractivity contribution is 6.32. The molecule has 88 valence electrons. The largest absolute Gasteiger partial charge is 0.487 e. The Bertz CT molecular complexity index is 361. The van der Waals surface area contributed by atoms with Gasteiger partial charge in [-0.2, -0.15) is 0 Å². The molecule has 1 aromatic rings. The van der Waals surface area contributed by atoms with Crippen LogP contribution in [0.25, 0.3) is 0 Å². The van der Waals surface area contributed by atoms with E-state index in [2.05, 4.69) is 5.32 Å². The van der Waals surface area contributed by atoms with Crippen LogP contribution in [0.1, 0.15) is 33.1 Å². The Balaban J connectivity index is 2.17. The summed E-state index contributed by atoms with van der Waals surface area (Å²) in [6.07, 6.45) is 3.95. The second-order valence-corrected chi connectivity index (χ2v) is 4.96. The van der Waals surface area contributed by atoms with Crippen LogP contribution in [0.4, 0.5) is 5.69 Å². The van der Waals surface area contributed by atoms with Gasteiger partial charge in [0, 0.05) is 6.04 Å². The molecule has 1 N–H and O–H groups in total. The zero-order valence-corrected chi connectivity index (χ0v) is 10.6. The van der Waals surface area contributed by atoms with E-state index < -0.39 is 0 Å². The van der Waals surface area contributed by atoms with Gasteiger partial charge in [-0.3, -0.25) is 0 Å². The fourth-order valence-corrected chi connectivity index (χ4v) is 1.97. The number of hydrogen-bond donors (Lipinski definition) is 1. The number of hydrogen-bond acceptors (Lipinski definition) is 2. The molecule has 0 aliphatic heterocycles. The van der Waals surface area contributed by atoms with Crippen LogP contribution in [-0.2, 0) is 0 Å². The molecule has 2 nitrogen and oxygen atoms in total. The fraction of sp³-hybridized carbons (Fsp3) is 0.538. The van der Waals surface area contributed by atoms with Gasteiger partial charge in [0.1, 0.15) is 0 Å². The number of benzene rings is 1. The van der Waals surface area contributed by atoms with Gasteiger partial charge in [0.2, 0.25) is 0 Å². The van der Waals surface area contributed by atoms with Crippen molar-refractivity contribution >= 4 is 17.3 Å². The average molecular weight is 240 g/mol. The second kappa shape index (κ2) is 4.96. The first-order valence-corrected chi connectivity index (χ1v) is 6.26. The van der Waals surface area contributed by atoms with E-state index in [1.165, 1.54) is 19.3 Å². The second-order valence-electron chi connectivity index (χ2n) is 4.56. The molecular weight excluding hydrogens is 222 g/mol. The van der Waals surface area contributed by atoms with Crippen molar-refractivity contribution in [3.8, 4) is 5.75 Å². The molecule has 1 saturated carbocycles. The summed E-state index contributed by atoms with van der Waals surface area (Å²) in [4.78, 5) is 0. The van der Waals surface area contributed by atoms with Gasteiger partial charge >= 0.3 is 0 Å². The molecule has 1 aromatic carbocycles. The monoisotopic (exact) mass is 239 g/mol. The van der Waals surface area contributed by atoms with Gasteiger partial charge < -0.3 is 10.1 Å². The number of anilines is 1. The molecular formula is C13H18ClNO. The highest BCUT2D eigenvalue weighted by atomic mass is 35.5. The molecule has 0 heterocycles. The van der Waals surface area contributed by atoms with Crippen LogP contribution in [0.2, 0.25) is 5.02 Å². The number of para-hydroxylation sites is 1. The number of nitrogens with one attached hydrogen (secondary N) is 1. The van der Waals surface area contributed by atoms with E-state index in [1.807, 2.05) is 32.0 Å². The molecule has 3 heteroatoms. The summed E-state index contributed by atoms with van der Waals surface area (Å²) in [5, 5.41) is 4.16. The Kier molecular flexibility index (Phi) is 3.59. The molecule has 0 aromatic heterocycles. The van der Waals surface area contributed by atoms with Crippen molar-refractivity contribution in [2.75, 3.05) is 5.32 Å². The molecule has 0 radical (unpaired) electrons. The van der Waals surface area contributed by atoms with Crippen molar-refractivity contribution in [3.05, 3.63) is 23.2 Å². The minimum Gasteiger partial charge on any atom is -0.487 e. The average Bonchev–Trinajstić information content (AvgIpc) is 2.15. The van der Waals surface area contributed by atoms with Crippen LogP contribution in [0.5, 0.6) is 5.75 Å². The molecule has 0 saturated heterocycles. The van der Waals surface area contributed by atoms with Crippen LogP contribution >= 0.6 is 11.6 Å². The molecule has 0 bridgehead atoms. The maximum absolute atomic E-state index is 6.15. The minimum absolute atomic E-state index is 0.141. The van der Waals surface area contributed by atoms with Crippen molar-refractivity contribution < 1.29 is 4.74 Å². The lowest BCUT2D eigenvalue weighted by molar-refractivity contribution is 0.243. The first-order chi connectivity index (χ1) is 7.66. The van der Waals surface area contributed by atoms with Gasteiger partial charge in [-0.05, 0) is 45.2 Å². The van der Waals surface area contributed by atoms with E-state index in [4.69, 9.17) is 16.3 Å². The highest BCUT2D eigenvalue weighted by Crippen LogP contribution is 2.36. The molecule has 2 rings (SSSR count). The van der Waals surface area contributed by atoms with E-state index in [-0.39, 0.29) is 6.10 Å². The van der Waals surface area contributed by atoms with Gasteiger partial charge in [0.25, 0.3) is 0 Å². The van der Waals surface area contributed by atoms with E-state index >= 15 is 0 Å². The summed E-state index contributed by atoms with van der Waals surface area (Å²) in [6.45, 7) is 4.02. The summed E-state index contributed by atoms with van der Waals surface area (Å²) >= 11 is 6.15. The SMILES string of the molecule is CC(C)Oc1c(Cl)cccc1NC1CCC1. The predicted octanol–water partition coefficient (Wildman–Crippen LogP) is 4.09. The van der Waals surface area contributed by atoms with Crippen LogP contribution < -0.4 is 10.1 Å². The van der Waals surface area contributed by atoms with Crippen molar-refractivity contribution in [2.45, 2.75) is 45.3 Å². The summed E-state index contributed by atoms with van der Waals surface area (Å²) < 4.78 is 5.75. The van der Waals surface area contributed by atoms with Crippen LogP contribution in [0.15, 0.2) is 18.2 Å². The maximum Gasteiger partial charge on any atom is 0.161 e. The topological polar surface area (TPSA) is 21.3 Å². The van der Waals surface area contributed by atoms with Crippen molar-refractivity contribution in [2.24, 2.45) is 0 Å². The Labute approximate surface area is 102 Å². The van der Waals surface area contributed by atoms with Gasteiger partial charge in [0.05, 0.1) is 16.8 Å². The fourth-order valence-electron chi connectivity index (χ4n) is 1.75. The van der Waals surface area contributed by atoms with Crippen molar-refractivity contribution in [1.29, 1.82) is 0 Å². The lowest BCUT2D eigenvalue weighted by Gasteiger charge is -2.29. The molecule has 0 amide bonds. The highest BCUT2D eigenvalue weighted by Gasteiger charge is 2.19. The third kappa shape index (κ3) is 2.62. The normalized spacial score (nSPS) is 16.0. The van der Waals surface area contributed by atoms with Crippen molar-refractivity contribution in [3.63, 3.8) is 0 Å². The third-order valence-electron chi connectivity index (χ3n) is 2.79. The standard InChI is InChI=1S/C13H18ClNO/c1-9(2)16-13-11(14)7-4-8-12(13)15-10-5-3-6-10/h4,7-10,15H,3,5-6H2,1-2H3. The minimum atomic E-state index is 0.141. The lowest BCUT2D eigenvalue weighted by Crippen LogP contribution is -2.27. The molecule has 0 unspecified atom stereocenters. The maximum atomic E-state index is 6.15. The number of rotatable bonds is 4. The van der Waals surface area contributed by atoms with Gasteiger partial charge in [-0.25, -0.2) is 0 Å². The first-order valence-electron chi connectivity index (χ1n) is 5.88. The zero-order chi connectivity index (χ0) is 11.5.